The fourth-order valence-corrected chi connectivity index (χ4v) is 3.30. The van der Waals surface area contributed by atoms with Gasteiger partial charge in [-0.3, -0.25) is 0 Å². The van der Waals surface area contributed by atoms with Crippen molar-refractivity contribution in [3.8, 4) is 0 Å². The van der Waals surface area contributed by atoms with Crippen LogP contribution in [0.15, 0.2) is 60.7 Å². The average Bonchev–Trinajstić information content (AvgIpc) is 2.59. The number of carboxylic acids is 1. The van der Waals surface area contributed by atoms with Gasteiger partial charge in [0.2, 0.25) is 0 Å². The summed E-state index contributed by atoms with van der Waals surface area (Å²) in [6.07, 6.45) is 0.954. The predicted molar refractivity (Wildman–Crippen MR) is 93.0 cm³/mol. The average molecular weight is 339 g/mol. The van der Waals surface area contributed by atoms with Crippen molar-refractivity contribution in [2.24, 2.45) is 5.92 Å². The van der Waals surface area contributed by atoms with Gasteiger partial charge in [-0.25, -0.2) is 9.59 Å². The molecule has 0 spiro atoms. The molecule has 1 saturated carbocycles. The van der Waals surface area contributed by atoms with Crippen molar-refractivity contribution in [1.29, 1.82) is 0 Å². The lowest BCUT2D eigenvalue weighted by Gasteiger charge is -2.44. The number of aliphatic carboxylic acids is 1. The van der Waals surface area contributed by atoms with E-state index in [1.807, 2.05) is 60.7 Å². The van der Waals surface area contributed by atoms with E-state index in [2.05, 4.69) is 5.32 Å². The second-order valence-electron chi connectivity index (χ2n) is 6.54. The number of alkyl carbamates (subject to hydrolysis) is 1. The number of ether oxygens (including phenoxy) is 1. The quantitative estimate of drug-likeness (QED) is 0.846. The third-order valence-corrected chi connectivity index (χ3v) is 4.60. The first-order chi connectivity index (χ1) is 12.1. The third kappa shape index (κ3) is 4.18. The van der Waals surface area contributed by atoms with Gasteiger partial charge >= 0.3 is 12.1 Å². The standard InChI is InChI=1S/C20H21NO4/c22-18(23)20(12-17(13-20)11-15-7-3-1-4-8-15)21-19(24)25-14-16-9-5-2-6-10-16/h1-10,17H,11-14H2,(H,21,24)(H,22,23). The number of hydrogen-bond acceptors (Lipinski definition) is 3. The van der Waals surface area contributed by atoms with E-state index in [0.29, 0.717) is 12.8 Å². The fourth-order valence-electron chi connectivity index (χ4n) is 3.30. The molecule has 1 amide bonds. The minimum Gasteiger partial charge on any atom is -0.480 e. The Balaban J connectivity index is 1.52. The predicted octanol–water partition coefficient (Wildman–Crippen LogP) is 3.39. The fraction of sp³-hybridized carbons (Fsp3) is 0.300. The highest BCUT2D eigenvalue weighted by molar-refractivity contribution is 5.85. The van der Waals surface area contributed by atoms with E-state index in [1.165, 1.54) is 5.56 Å². The largest absolute Gasteiger partial charge is 0.480 e. The number of hydrogen-bond donors (Lipinski definition) is 2. The Labute approximate surface area is 146 Å². The molecule has 1 aliphatic rings. The maximum absolute atomic E-state index is 12.0. The molecule has 0 unspecified atom stereocenters. The molecule has 130 valence electrons. The number of nitrogens with one attached hydrogen (secondary N) is 1. The van der Waals surface area contributed by atoms with Crippen LogP contribution in [0.4, 0.5) is 4.79 Å². The van der Waals surface area contributed by atoms with E-state index in [-0.39, 0.29) is 12.5 Å². The van der Waals surface area contributed by atoms with Crippen LogP contribution >= 0.6 is 0 Å². The van der Waals surface area contributed by atoms with Gasteiger partial charge in [-0.15, -0.1) is 0 Å². The Kier molecular flexibility index (Phi) is 5.03. The van der Waals surface area contributed by atoms with Crippen LogP contribution in [0.5, 0.6) is 0 Å². The topological polar surface area (TPSA) is 75.6 Å². The number of carbonyl (C=O) groups is 2. The summed E-state index contributed by atoms with van der Waals surface area (Å²) >= 11 is 0. The smallest absolute Gasteiger partial charge is 0.408 e. The van der Waals surface area contributed by atoms with Crippen molar-refractivity contribution in [3.05, 3.63) is 71.8 Å². The van der Waals surface area contributed by atoms with Gasteiger partial charge in [0.05, 0.1) is 0 Å². The summed E-state index contributed by atoms with van der Waals surface area (Å²) in [4.78, 5) is 23.6. The maximum atomic E-state index is 12.0. The molecule has 5 nitrogen and oxygen atoms in total. The monoisotopic (exact) mass is 339 g/mol. The first kappa shape index (κ1) is 17.0. The van der Waals surface area contributed by atoms with E-state index < -0.39 is 17.6 Å². The molecule has 0 heterocycles. The van der Waals surface area contributed by atoms with Gasteiger partial charge in [-0.1, -0.05) is 60.7 Å². The molecule has 1 fully saturated rings. The van der Waals surface area contributed by atoms with E-state index in [0.717, 1.165) is 12.0 Å². The molecule has 2 aromatic rings. The van der Waals surface area contributed by atoms with Crippen LogP contribution in [0.1, 0.15) is 24.0 Å². The maximum Gasteiger partial charge on any atom is 0.408 e. The molecular formula is C20H21NO4. The Morgan fingerprint density at radius 2 is 1.56 bits per heavy atom. The molecule has 3 rings (SSSR count). The number of carbonyl (C=O) groups excluding carboxylic acids is 1. The molecule has 0 radical (unpaired) electrons. The number of benzene rings is 2. The second-order valence-corrected chi connectivity index (χ2v) is 6.54. The van der Waals surface area contributed by atoms with Crippen LogP contribution in [0.2, 0.25) is 0 Å². The molecule has 25 heavy (non-hydrogen) atoms. The van der Waals surface area contributed by atoms with Crippen LogP contribution in [0.3, 0.4) is 0 Å². The Morgan fingerprint density at radius 3 is 2.12 bits per heavy atom. The van der Waals surface area contributed by atoms with Crippen molar-refractivity contribution >= 4 is 12.1 Å². The Hall–Kier alpha value is -2.82. The van der Waals surface area contributed by atoms with E-state index in [4.69, 9.17) is 4.74 Å². The highest BCUT2D eigenvalue weighted by Gasteiger charge is 2.51. The van der Waals surface area contributed by atoms with E-state index in [1.54, 1.807) is 0 Å². The molecule has 0 aliphatic heterocycles. The van der Waals surface area contributed by atoms with Gasteiger partial charge in [0.25, 0.3) is 0 Å². The summed E-state index contributed by atoms with van der Waals surface area (Å²) in [7, 11) is 0. The van der Waals surface area contributed by atoms with E-state index in [9.17, 15) is 14.7 Å². The van der Waals surface area contributed by atoms with Crippen molar-refractivity contribution in [1.82, 2.24) is 5.32 Å². The highest BCUT2D eigenvalue weighted by Crippen LogP contribution is 2.40. The molecule has 5 heteroatoms. The normalized spacial score (nSPS) is 21.8. The van der Waals surface area contributed by atoms with Crippen molar-refractivity contribution in [2.75, 3.05) is 0 Å². The van der Waals surface area contributed by atoms with Crippen molar-refractivity contribution in [3.63, 3.8) is 0 Å². The first-order valence-electron chi connectivity index (χ1n) is 8.33. The number of amides is 1. The molecule has 0 aromatic heterocycles. The summed E-state index contributed by atoms with van der Waals surface area (Å²) in [6.45, 7) is 0.121. The van der Waals surface area contributed by atoms with Gasteiger partial charge in [-0.2, -0.15) is 0 Å². The second kappa shape index (κ2) is 7.38. The van der Waals surface area contributed by atoms with Crippen LogP contribution in [0, 0.1) is 5.92 Å². The minimum atomic E-state index is -1.22. The summed E-state index contributed by atoms with van der Waals surface area (Å²) < 4.78 is 5.15. The van der Waals surface area contributed by atoms with Gasteiger partial charge < -0.3 is 15.2 Å². The van der Waals surface area contributed by atoms with Crippen molar-refractivity contribution < 1.29 is 19.4 Å². The van der Waals surface area contributed by atoms with Crippen LogP contribution in [-0.2, 0) is 22.6 Å². The zero-order valence-corrected chi connectivity index (χ0v) is 13.9. The first-order valence-corrected chi connectivity index (χ1v) is 8.33. The molecule has 2 N–H and O–H groups in total. The minimum absolute atomic E-state index is 0.121. The molecule has 0 bridgehead atoms. The lowest BCUT2D eigenvalue weighted by Crippen LogP contribution is -2.62. The summed E-state index contributed by atoms with van der Waals surface area (Å²) in [5.74, 6) is -0.763. The molecular weight excluding hydrogens is 318 g/mol. The highest BCUT2D eigenvalue weighted by atomic mass is 16.5. The van der Waals surface area contributed by atoms with Gasteiger partial charge in [0, 0.05) is 0 Å². The molecule has 0 atom stereocenters. The lowest BCUT2D eigenvalue weighted by molar-refractivity contribution is -0.151. The number of rotatable bonds is 6. The van der Waals surface area contributed by atoms with Gasteiger partial charge in [-0.05, 0) is 36.3 Å². The van der Waals surface area contributed by atoms with Crippen LogP contribution in [-0.4, -0.2) is 22.7 Å². The van der Waals surface area contributed by atoms with Crippen LogP contribution < -0.4 is 5.32 Å². The third-order valence-electron chi connectivity index (χ3n) is 4.60. The van der Waals surface area contributed by atoms with Crippen LogP contribution in [0.25, 0.3) is 0 Å². The zero-order chi connectivity index (χ0) is 17.7. The molecule has 1 aliphatic carbocycles. The Bertz CT molecular complexity index is 724. The summed E-state index contributed by atoms with van der Waals surface area (Å²) in [6, 6.07) is 19.2. The molecule has 2 aromatic carbocycles. The molecule has 0 saturated heterocycles. The van der Waals surface area contributed by atoms with Crippen molar-refractivity contribution in [2.45, 2.75) is 31.4 Å². The lowest BCUT2D eigenvalue weighted by atomic mass is 9.66. The Morgan fingerprint density at radius 1 is 1.00 bits per heavy atom. The SMILES string of the molecule is O=C(NC1(C(=O)O)CC(Cc2ccccc2)C1)OCc1ccccc1. The van der Waals surface area contributed by atoms with E-state index >= 15 is 0 Å². The summed E-state index contributed by atoms with van der Waals surface area (Å²) in [5.41, 5.74) is 0.823. The summed E-state index contributed by atoms with van der Waals surface area (Å²) in [5, 5.41) is 12.1. The van der Waals surface area contributed by atoms with Gasteiger partial charge in [0.1, 0.15) is 12.1 Å². The number of carboxylic acid groups (broad SMARTS) is 1. The zero-order valence-electron chi connectivity index (χ0n) is 13.9. The van der Waals surface area contributed by atoms with Gasteiger partial charge in [0.15, 0.2) is 0 Å².